The van der Waals surface area contributed by atoms with Crippen LogP contribution in [0.5, 0.6) is 0 Å². The topological polar surface area (TPSA) is 29.5 Å². The average molecular weight is 364 g/mol. The lowest BCUT2D eigenvalue weighted by Crippen LogP contribution is -2.43. The molecule has 1 aliphatic rings. The molecule has 2 aromatic carbocycles. The first kappa shape index (κ1) is 17.3. The molecule has 24 heavy (non-hydrogen) atoms. The van der Waals surface area contributed by atoms with Crippen molar-refractivity contribution in [2.45, 2.75) is 25.6 Å². The van der Waals surface area contributed by atoms with E-state index in [0.29, 0.717) is 28.8 Å². The van der Waals surface area contributed by atoms with Crippen LogP contribution in [0, 0.1) is 0 Å². The maximum Gasteiger partial charge on any atom is 0.253 e. The minimum absolute atomic E-state index is 0.0257. The van der Waals surface area contributed by atoms with E-state index in [-0.39, 0.29) is 12.0 Å². The van der Waals surface area contributed by atoms with Crippen molar-refractivity contribution in [3.63, 3.8) is 0 Å². The molecule has 5 heteroatoms. The second-order valence-electron chi connectivity index (χ2n) is 5.92. The number of likely N-dealkylation sites (tertiary alicyclic amines) is 1. The van der Waals surface area contributed by atoms with Crippen molar-refractivity contribution in [2.24, 2.45) is 0 Å². The minimum atomic E-state index is 0.0257. The van der Waals surface area contributed by atoms with Crippen molar-refractivity contribution < 1.29 is 9.53 Å². The highest BCUT2D eigenvalue weighted by molar-refractivity contribution is 6.31. The van der Waals surface area contributed by atoms with Crippen LogP contribution in [0.3, 0.4) is 0 Å². The maximum atomic E-state index is 12.6. The largest absolute Gasteiger partial charge is 0.372 e. The average Bonchev–Trinajstić information content (AvgIpc) is 2.61. The fraction of sp³-hybridized carbons (Fsp3) is 0.316. The molecule has 0 saturated carbocycles. The summed E-state index contributed by atoms with van der Waals surface area (Å²) < 4.78 is 5.99. The van der Waals surface area contributed by atoms with Crippen LogP contribution < -0.4 is 0 Å². The van der Waals surface area contributed by atoms with Gasteiger partial charge in [0.2, 0.25) is 0 Å². The number of carbonyl (C=O) groups is 1. The zero-order valence-corrected chi connectivity index (χ0v) is 14.8. The first-order valence-electron chi connectivity index (χ1n) is 8.03. The SMILES string of the molecule is O=C(c1ccc(Cl)cc1)N1CCCC(OCc2ccccc2Cl)C1. The molecule has 0 spiro atoms. The number of piperidine rings is 1. The fourth-order valence-electron chi connectivity index (χ4n) is 2.86. The number of benzene rings is 2. The van der Waals surface area contributed by atoms with Gasteiger partial charge in [0.1, 0.15) is 0 Å². The Morgan fingerprint density at radius 3 is 2.62 bits per heavy atom. The molecule has 0 N–H and O–H groups in total. The van der Waals surface area contributed by atoms with E-state index in [4.69, 9.17) is 27.9 Å². The number of nitrogens with zero attached hydrogens (tertiary/aromatic N) is 1. The van der Waals surface area contributed by atoms with E-state index in [9.17, 15) is 4.79 Å². The van der Waals surface area contributed by atoms with Gasteiger partial charge in [-0.2, -0.15) is 0 Å². The van der Waals surface area contributed by atoms with Crippen LogP contribution in [-0.4, -0.2) is 30.0 Å². The van der Waals surface area contributed by atoms with Crippen LogP contribution in [0.15, 0.2) is 48.5 Å². The van der Waals surface area contributed by atoms with Crippen LogP contribution >= 0.6 is 23.2 Å². The molecule has 0 bridgehead atoms. The van der Waals surface area contributed by atoms with Gasteiger partial charge in [0, 0.05) is 28.7 Å². The molecule has 1 unspecified atom stereocenters. The molecule has 1 aliphatic heterocycles. The number of amides is 1. The first-order valence-corrected chi connectivity index (χ1v) is 8.79. The number of ether oxygens (including phenoxy) is 1. The van der Waals surface area contributed by atoms with E-state index in [1.165, 1.54) is 0 Å². The van der Waals surface area contributed by atoms with Gasteiger partial charge in [0.15, 0.2) is 0 Å². The van der Waals surface area contributed by atoms with Gasteiger partial charge in [-0.25, -0.2) is 0 Å². The van der Waals surface area contributed by atoms with Gasteiger partial charge in [0.05, 0.1) is 12.7 Å². The number of hydrogen-bond acceptors (Lipinski definition) is 2. The molecule has 1 heterocycles. The number of hydrogen-bond donors (Lipinski definition) is 0. The summed E-state index contributed by atoms with van der Waals surface area (Å²) in [5.74, 6) is 0.0257. The van der Waals surface area contributed by atoms with Crippen molar-refractivity contribution in [2.75, 3.05) is 13.1 Å². The Hall–Kier alpha value is -1.55. The summed E-state index contributed by atoms with van der Waals surface area (Å²) in [5, 5.41) is 1.34. The van der Waals surface area contributed by atoms with Gasteiger partial charge in [-0.05, 0) is 48.7 Å². The maximum absolute atomic E-state index is 12.6. The van der Waals surface area contributed by atoms with Gasteiger partial charge >= 0.3 is 0 Å². The molecule has 0 radical (unpaired) electrons. The Kier molecular flexibility index (Phi) is 5.77. The highest BCUT2D eigenvalue weighted by atomic mass is 35.5. The predicted octanol–water partition coefficient (Wildman–Crippen LogP) is 4.81. The second-order valence-corrected chi connectivity index (χ2v) is 6.77. The van der Waals surface area contributed by atoms with Crippen molar-refractivity contribution >= 4 is 29.1 Å². The smallest absolute Gasteiger partial charge is 0.253 e. The molecular formula is C19H19Cl2NO2. The Bertz CT molecular complexity index is 703. The highest BCUT2D eigenvalue weighted by Gasteiger charge is 2.25. The molecule has 1 saturated heterocycles. The van der Waals surface area contributed by atoms with E-state index >= 15 is 0 Å². The zero-order chi connectivity index (χ0) is 16.9. The molecule has 1 amide bonds. The van der Waals surface area contributed by atoms with Crippen molar-refractivity contribution in [3.8, 4) is 0 Å². The lowest BCUT2D eigenvalue weighted by molar-refractivity contribution is -0.00670. The van der Waals surface area contributed by atoms with Gasteiger partial charge in [-0.1, -0.05) is 41.4 Å². The first-order chi connectivity index (χ1) is 11.6. The molecule has 1 atom stereocenters. The van der Waals surface area contributed by atoms with Crippen LogP contribution in [0.25, 0.3) is 0 Å². The third kappa shape index (κ3) is 4.29. The van der Waals surface area contributed by atoms with Gasteiger partial charge in [0.25, 0.3) is 5.91 Å². The molecule has 126 valence electrons. The quantitative estimate of drug-likeness (QED) is 0.779. The molecule has 2 aromatic rings. The zero-order valence-electron chi connectivity index (χ0n) is 13.3. The van der Waals surface area contributed by atoms with Gasteiger partial charge < -0.3 is 9.64 Å². The summed E-state index contributed by atoms with van der Waals surface area (Å²) in [6.07, 6.45) is 1.92. The number of carbonyl (C=O) groups excluding carboxylic acids is 1. The van der Waals surface area contributed by atoms with E-state index in [1.807, 2.05) is 29.2 Å². The Labute approximate surface area is 152 Å². The van der Waals surface area contributed by atoms with Crippen molar-refractivity contribution in [3.05, 3.63) is 69.7 Å². The molecule has 0 aliphatic carbocycles. The third-order valence-corrected chi connectivity index (χ3v) is 4.81. The van der Waals surface area contributed by atoms with Gasteiger partial charge in [-0.15, -0.1) is 0 Å². The standard InChI is InChI=1S/C19H19Cl2NO2/c20-16-9-7-14(8-10-16)19(23)22-11-3-5-17(12-22)24-13-15-4-1-2-6-18(15)21/h1-2,4,6-10,17H,3,5,11-13H2. The summed E-state index contributed by atoms with van der Waals surface area (Å²) in [7, 11) is 0. The summed E-state index contributed by atoms with van der Waals surface area (Å²) in [6, 6.07) is 14.7. The van der Waals surface area contributed by atoms with Crippen LogP contribution in [0.2, 0.25) is 10.0 Å². The van der Waals surface area contributed by atoms with Crippen molar-refractivity contribution in [1.29, 1.82) is 0 Å². The Balaban J connectivity index is 1.59. The minimum Gasteiger partial charge on any atom is -0.372 e. The fourth-order valence-corrected chi connectivity index (χ4v) is 3.17. The second kappa shape index (κ2) is 8.02. The summed E-state index contributed by atoms with van der Waals surface area (Å²) in [6.45, 7) is 1.83. The predicted molar refractivity (Wildman–Crippen MR) is 96.6 cm³/mol. The lowest BCUT2D eigenvalue weighted by Gasteiger charge is -2.32. The van der Waals surface area contributed by atoms with E-state index in [1.54, 1.807) is 24.3 Å². The molecule has 1 fully saturated rings. The monoisotopic (exact) mass is 363 g/mol. The summed E-state index contributed by atoms with van der Waals surface area (Å²) >= 11 is 12.0. The Morgan fingerprint density at radius 1 is 1.12 bits per heavy atom. The molecule has 3 rings (SSSR count). The normalized spacial score (nSPS) is 17.8. The van der Waals surface area contributed by atoms with E-state index < -0.39 is 0 Å². The van der Waals surface area contributed by atoms with E-state index in [0.717, 1.165) is 24.9 Å². The van der Waals surface area contributed by atoms with Crippen LogP contribution in [0.4, 0.5) is 0 Å². The van der Waals surface area contributed by atoms with Crippen LogP contribution in [-0.2, 0) is 11.3 Å². The Morgan fingerprint density at radius 2 is 1.88 bits per heavy atom. The lowest BCUT2D eigenvalue weighted by atomic mass is 10.1. The summed E-state index contributed by atoms with van der Waals surface area (Å²) in [5.41, 5.74) is 1.63. The van der Waals surface area contributed by atoms with E-state index in [2.05, 4.69) is 0 Å². The molecule has 0 aromatic heterocycles. The van der Waals surface area contributed by atoms with Crippen LogP contribution in [0.1, 0.15) is 28.8 Å². The number of halogens is 2. The van der Waals surface area contributed by atoms with Crippen molar-refractivity contribution in [1.82, 2.24) is 4.90 Å². The highest BCUT2D eigenvalue weighted by Crippen LogP contribution is 2.21. The molecular weight excluding hydrogens is 345 g/mol. The summed E-state index contributed by atoms with van der Waals surface area (Å²) in [4.78, 5) is 14.4. The van der Waals surface area contributed by atoms with Gasteiger partial charge in [-0.3, -0.25) is 4.79 Å². The third-order valence-electron chi connectivity index (χ3n) is 4.19. The molecule has 3 nitrogen and oxygen atoms in total. The number of rotatable bonds is 4.